The van der Waals surface area contributed by atoms with Crippen LogP contribution in [0, 0.1) is 0 Å². The van der Waals surface area contributed by atoms with Crippen LogP contribution in [-0.4, -0.2) is 55.2 Å². The van der Waals surface area contributed by atoms with E-state index in [4.69, 9.17) is 18.6 Å². The van der Waals surface area contributed by atoms with Gasteiger partial charge >= 0.3 is 0 Å². The lowest BCUT2D eigenvalue weighted by Gasteiger charge is -2.16. The molecule has 0 aliphatic carbocycles. The monoisotopic (exact) mass is 754 g/mol. The van der Waals surface area contributed by atoms with E-state index < -0.39 is 17.1 Å². The summed E-state index contributed by atoms with van der Waals surface area (Å²) in [6.07, 6.45) is 1.48. The molecule has 1 aliphatic rings. The average Bonchev–Trinajstić information content (AvgIpc) is 3.77. The van der Waals surface area contributed by atoms with Crippen LogP contribution in [0.25, 0.3) is 28.6 Å². The fourth-order valence-corrected chi connectivity index (χ4v) is 7.17. The Balaban J connectivity index is 1.08. The summed E-state index contributed by atoms with van der Waals surface area (Å²) in [5.74, 6) is -0.327. The maximum Gasteiger partial charge on any atom is 0.272 e. The zero-order valence-electron chi connectivity index (χ0n) is 29.9. The first-order valence-electron chi connectivity index (χ1n) is 17.0. The predicted molar refractivity (Wildman–Crippen MR) is 209 cm³/mol. The van der Waals surface area contributed by atoms with Crippen LogP contribution in [0.5, 0.6) is 17.2 Å². The van der Waals surface area contributed by atoms with Gasteiger partial charge in [-0.2, -0.15) is 0 Å². The second-order valence-electron chi connectivity index (χ2n) is 12.2. The number of ether oxygens (including phenoxy) is 3. The summed E-state index contributed by atoms with van der Waals surface area (Å²) in [5, 5.41) is 4.88. The van der Waals surface area contributed by atoms with Gasteiger partial charge in [0.1, 0.15) is 11.2 Å². The number of thioether (sulfide) groups is 1. The Morgan fingerprint density at radius 2 is 1.58 bits per heavy atom. The quantitative estimate of drug-likeness (QED) is 0.0959. The predicted octanol–water partition coefficient (Wildman–Crippen LogP) is 7.35. The Hall–Kier alpha value is -6.86. The van der Waals surface area contributed by atoms with Gasteiger partial charge in [0, 0.05) is 33.7 Å². The standard InChI is InChI=1S/C42H34N4O8S/c1-51-34-21-18-27(37(52-2)38(34)53-3)22-32(44-39(48)25-10-5-4-6-11-25)40(49)43-28-12-9-13-30(23-28)55-35-24-36(47)46(42(35)50)29-19-16-26(17-20-29)41-45-31-14-7-8-15-33(31)54-41/h4-23,35H,24H2,1-3H3,(H,43,49)(H,44,48). The van der Waals surface area contributed by atoms with Crippen molar-refractivity contribution in [2.45, 2.75) is 16.6 Å². The minimum atomic E-state index is -0.687. The van der Waals surface area contributed by atoms with Crippen molar-refractivity contribution >= 4 is 63.9 Å². The van der Waals surface area contributed by atoms with Crippen LogP contribution in [0.2, 0.25) is 0 Å². The summed E-state index contributed by atoms with van der Waals surface area (Å²) in [4.78, 5) is 60.2. The van der Waals surface area contributed by atoms with Crippen molar-refractivity contribution in [3.63, 3.8) is 0 Å². The molecule has 1 aromatic heterocycles. The van der Waals surface area contributed by atoms with E-state index in [-0.39, 0.29) is 23.9 Å². The topological polar surface area (TPSA) is 149 Å². The molecule has 276 valence electrons. The van der Waals surface area contributed by atoms with Crippen molar-refractivity contribution in [1.82, 2.24) is 10.3 Å². The number of amides is 4. The largest absolute Gasteiger partial charge is 0.493 e. The first-order chi connectivity index (χ1) is 26.8. The lowest BCUT2D eigenvalue weighted by Crippen LogP contribution is -2.31. The highest BCUT2D eigenvalue weighted by molar-refractivity contribution is 8.00. The highest BCUT2D eigenvalue weighted by Crippen LogP contribution is 2.41. The summed E-state index contributed by atoms with van der Waals surface area (Å²) in [6, 6.07) is 33.1. The van der Waals surface area contributed by atoms with Crippen molar-refractivity contribution in [1.29, 1.82) is 0 Å². The van der Waals surface area contributed by atoms with E-state index in [0.717, 1.165) is 5.52 Å². The number of carbonyl (C=O) groups is 4. The van der Waals surface area contributed by atoms with Gasteiger partial charge in [-0.25, -0.2) is 9.88 Å². The summed E-state index contributed by atoms with van der Waals surface area (Å²) in [7, 11) is 4.42. The van der Waals surface area contributed by atoms with Gasteiger partial charge in [0.2, 0.25) is 23.5 Å². The van der Waals surface area contributed by atoms with Gasteiger partial charge in [-0.05, 0) is 84.9 Å². The van der Waals surface area contributed by atoms with E-state index in [0.29, 0.717) is 61.7 Å². The zero-order valence-corrected chi connectivity index (χ0v) is 30.7. The third-order valence-corrected chi connectivity index (χ3v) is 9.88. The molecule has 0 radical (unpaired) electrons. The molecule has 0 saturated carbocycles. The number of benzene rings is 5. The van der Waals surface area contributed by atoms with Gasteiger partial charge in [-0.3, -0.25) is 19.2 Å². The number of aromatic nitrogens is 1. The highest BCUT2D eigenvalue weighted by Gasteiger charge is 2.40. The number of fused-ring (bicyclic) bond motifs is 1. The Labute approximate surface area is 320 Å². The Morgan fingerprint density at radius 1 is 0.836 bits per heavy atom. The Kier molecular flexibility index (Phi) is 10.6. The molecular weight excluding hydrogens is 721 g/mol. The fraction of sp³-hybridized carbons (Fsp3) is 0.119. The summed E-state index contributed by atoms with van der Waals surface area (Å²) < 4.78 is 22.4. The van der Waals surface area contributed by atoms with Gasteiger partial charge in [0.05, 0.1) is 32.3 Å². The van der Waals surface area contributed by atoms with Gasteiger partial charge in [-0.1, -0.05) is 36.4 Å². The zero-order chi connectivity index (χ0) is 38.5. The molecule has 1 saturated heterocycles. The summed E-state index contributed by atoms with van der Waals surface area (Å²) in [6.45, 7) is 0. The molecule has 1 atom stereocenters. The number of methoxy groups -OCH3 is 3. The van der Waals surface area contributed by atoms with E-state index in [1.807, 2.05) is 24.3 Å². The maximum absolute atomic E-state index is 13.9. The minimum Gasteiger partial charge on any atom is -0.493 e. The summed E-state index contributed by atoms with van der Waals surface area (Å²) in [5.41, 5.74) is 3.67. The summed E-state index contributed by atoms with van der Waals surface area (Å²) >= 11 is 1.22. The molecule has 7 rings (SSSR count). The molecule has 0 spiro atoms. The van der Waals surface area contributed by atoms with Crippen LogP contribution in [0.15, 0.2) is 130 Å². The molecule has 5 aromatic carbocycles. The minimum absolute atomic E-state index is 0.00146. The molecule has 1 aliphatic heterocycles. The number of nitrogens with one attached hydrogen (secondary N) is 2. The SMILES string of the molecule is COc1ccc(C=C(NC(=O)c2ccccc2)C(=O)Nc2cccc(SC3CC(=O)N(c4ccc(-c5nc6ccccc6o5)cc4)C3=O)c2)c(OC)c1OC. The number of hydrogen-bond acceptors (Lipinski definition) is 10. The van der Waals surface area contributed by atoms with Gasteiger partial charge < -0.3 is 29.3 Å². The third kappa shape index (κ3) is 7.78. The lowest BCUT2D eigenvalue weighted by molar-refractivity contribution is -0.121. The van der Waals surface area contributed by atoms with E-state index in [2.05, 4.69) is 15.6 Å². The van der Waals surface area contributed by atoms with Crippen LogP contribution in [-0.2, 0) is 14.4 Å². The van der Waals surface area contributed by atoms with Crippen LogP contribution >= 0.6 is 11.8 Å². The molecule has 2 N–H and O–H groups in total. The fourth-order valence-electron chi connectivity index (χ4n) is 6.06. The van der Waals surface area contributed by atoms with E-state index in [1.165, 1.54) is 44.1 Å². The number of rotatable bonds is 12. The van der Waals surface area contributed by atoms with Crippen LogP contribution in [0.4, 0.5) is 11.4 Å². The average molecular weight is 755 g/mol. The van der Waals surface area contributed by atoms with E-state index >= 15 is 0 Å². The van der Waals surface area contributed by atoms with Crippen LogP contribution in [0.1, 0.15) is 22.3 Å². The number of imide groups is 1. The first kappa shape index (κ1) is 36.5. The van der Waals surface area contributed by atoms with Crippen molar-refractivity contribution in [3.05, 3.63) is 132 Å². The second-order valence-corrected chi connectivity index (χ2v) is 13.5. The molecule has 0 bridgehead atoms. The number of anilines is 2. The second kappa shape index (κ2) is 16.0. The Morgan fingerprint density at radius 3 is 2.31 bits per heavy atom. The molecule has 2 heterocycles. The normalized spacial score (nSPS) is 14.2. The number of nitrogens with zero attached hydrogens (tertiary/aromatic N) is 2. The molecule has 1 fully saturated rings. The molecule has 55 heavy (non-hydrogen) atoms. The van der Waals surface area contributed by atoms with Crippen LogP contribution in [0.3, 0.4) is 0 Å². The van der Waals surface area contributed by atoms with Crippen molar-refractivity contribution in [3.8, 4) is 28.7 Å². The molecule has 6 aromatic rings. The molecular formula is C42H34N4O8S. The number of hydrogen-bond donors (Lipinski definition) is 2. The first-order valence-corrected chi connectivity index (χ1v) is 17.9. The van der Waals surface area contributed by atoms with Gasteiger partial charge in [-0.15, -0.1) is 11.8 Å². The highest BCUT2D eigenvalue weighted by atomic mass is 32.2. The van der Waals surface area contributed by atoms with Crippen molar-refractivity contribution < 1.29 is 37.8 Å². The Bertz CT molecular complexity index is 2410. The number of para-hydroxylation sites is 2. The van der Waals surface area contributed by atoms with Crippen molar-refractivity contribution in [2.24, 2.45) is 0 Å². The molecule has 1 unspecified atom stereocenters. The third-order valence-electron chi connectivity index (χ3n) is 8.71. The van der Waals surface area contributed by atoms with Gasteiger partial charge in [0.25, 0.3) is 11.8 Å². The number of carbonyl (C=O) groups excluding carboxylic acids is 4. The van der Waals surface area contributed by atoms with E-state index in [1.54, 1.807) is 91.0 Å². The van der Waals surface area contributed by atoms with Gasteiger partial charge in [0.15, 0.2) is 17.1 Å². The van der Waals surface area contributed by atoms with Crippen molar-refractivity contribution in [2.75, 3.05) is 31.5 Å². The smallest absolute Gasteiger partial charge is 0.272 e. The molecule has 4 amide bonds. The van der Waals surface area contributed by atoms with Crippen LogP contribution < -0.4 is 29.7 Å². The molecule has 13 heteroatoms. The maximum atomic E-state index is 13.9. The number of oxazole rings is 1. The van der Waals surface area contributed by atoms with E-state index in [9.17, 15) is 19.2 Å². The molecule has 12 nitrogen and oxygen atoms in total. The lowest BCUT2D eigenvalue weighted by atomic mass is 10.1.